The van der Waals surface area contributed by atoms with Crippen LogP contribution in [0.3, 0.4) is 0 Å². The molecule has 2 unspecified atom stereocenters. The molecule has 0 saturated carbocycles. The van der Waals surface area contributed by atoms with Crippen molar-refractivity contribution in [3.8, 4) is 0 Å². The number of hydrogen-bond acceptors (Lipinski definition) is 3. The van der Waals surface area contributed by atoms with Crippen LogP contribution in [0.25, 0.3) is 0 Å². The van der Waals surface area contributed by atoms with Crippen LogP contribution < -0.4 is 5.73 Å². The van der Waals surface area contributed by atoms with E-state index in [1.807, 2.05) is 4.90 Å². The number of hydrogen-bond donors (Lipinski definition) is 1. The number of amides is 1. The summed E-state index contributed by atoms with van der Waals surface area (Å²) in [4.78, 5) is 14.2. The average Bonchev–Trinajstić information content (AvgIpc) is 2.81. The van der Waals surface area contributed by atoms with Crippen LogP contribution in [0, 0.1) is 0 Å². The van der Waals surface area contributed by atoms with Gasteiger partial charge in [0.15, 0.2) is 0 Å². The van der Waals surface area contributed by atoms with E-state index < -0.39 is 0 Å². The molecule has 1 amide bonds. The standard InChI is InChI=1S/C12H18N2O2/c1-9-3-2-4-11(7-13)14(9)12(15)10-5-6-16-8-10/h5-6,8-9,11H,2-4,7,13H2,1H3. The average molecular weight is 222 g/mol. The minimum Gasteiger partial charge on any atom is -0.472 e. The van der Waals surface area contributed by atoms with Gasteiger partial charge in [-0.15, -0.1) is 0 Å². The zero-order valence-electron chi connectivity index (χ0n) is 9.56. The Bertz CT molecular complexity index is 348. The Hall–Kier alpha value is -1.29. The minimum absolute atomic E-state index is 0.0383. The van der Waals surface area contributed by atoms with Crippen molar-refractivity contribution < 1.29 is 9.21 Å². The highest BCUT2D eigenvalue weighted by molar-refractivity contribution is 5.94. The van der Waals surface area contributed by atoms with Gasteiger partial charge in [0.05, 0.1) is 11.8 Å². The van der Waals surface area contributed by atoms with Gasteiger partial charge in [-0.2, -0.15) is 0 Å². The number of likely N-dealkylation sites (tertiary alicyclic amines) is 1. The van der Waals surface area contributed by atoms with Crippen molar-refractivity contribution in [2.24, 2.45) is 5.73 Å². The van der Waals surface area contributed by atoms with E-state index in [-0.39, 0.29) is 18.0 Å². The second kappa shape index (κ2) is 4.70. The van der Waals surface area contributed by atoms with Crippen molar-refractivity contribution >= 4 is 5.91 Å². The lowest BCUT2D eigenvalue weighted by atomic mass is 9.95. The molecular formula is C12H18N2O2. The normalized spacial score (nSPS) is 25.8. The molecule has 2 rings (SSSR count). The molecular weight excluding hydrogens is 204 g/mol. The molecule has 1 aromatic heterocycles. The summed E-state index contributed by atoms with van der Waals surface area (Å²) < 4.78 is 4.95. The summed E-state index contributed by atoms with van der Waals surface area (Å²) in [7, 11) is 0. The summed E-state index contributed by atoms with van der Waals surface area (Å²) >= 11 is 0. The molecule has 16 heavy (non-hydrogen) atoms. The summed E-state index contributed by atoms with van der Waals surface area (Å²) in [5, 5.41) is 0. The Morgan fingerprint density at radius 2 is 2.44 bits per heavy atom. The van der Waals surface area contributed by atoms with E-state index in [0.29, 0.717) is 12.1 Å². The van der Waals surface area contributed by atoms with Crippen LogP contribution in [0.15, 0.2) is 23.0 Å². The maximum Gasteiger partial charge on any atom is 0.257 e. The Balaban J connectivity index is 2.19. The molecule has 1 aliphatic heterocycles. The lowest BCUT2D eigenvalue weighted by Gasteiger charge is -2.40. The van der Waals surface area contributed by atoms with Gasteiger partial charge in [0, 0.05) is 18.6 Å². The maximum atomic E-state index is 12.3. The van der Waals surface area contributed by atoms with Crippen molar-refractivity contribution in [1.82, 2.24) is 4.90 Å². The Morgan fingerprint density at radius 1 is 1.62 bits per heavy atom. The maximum absolute atomic E-state index is 12.3. The van der Waals surface area contributed by atoms with Crippen LogP contribution in [0.2, 0.25) is 0 Å². The second-order valence-corrected chi connectivity index (χ2v) is 4.39. The number of furan rings is 1. The molecule has 0 bridgehead atoms. The van der Waals surface area contributed by atoms with Crippen molar-refractivity contribution in [3.05, 3.63) is 24.2 Å². The molecule has 2 N–H and O–H groups in total. The topological polar surface area (TPSA) is 59.5 Å². The first-order valence-electron chi connectivity index (χ1n) is 5.79. The van der Waals surface area contributed by atoms with Crippen LogP contribution in [0.4, 0.5) is 0 Å². The minimum atomic E-state index is 0.0383. The fourth-order valence-electron chi connectivity index (χ4n) is 2.42. The molecule has 1 aromatic rings. The summed E-state index contributed by atoms with van der Waals surface area (Å²) in [5.41, 5.74) is 6.35. The lowest BCUT2D eigenvalue weighted by Crippen LogP contribution is -2.51. The highest BCUT2D eigenvalue weighted by Gasteiger charge is 2.31. The van der Waals surface area contributed by atoms with E-state index >= 15 is 0 Å². The number of carbonyl (C=O) groups is 1. The third-order valence-corrected chi connectivity index (χ3v) is 3.30. The molecule has 0 aliphatic carbocycles. The third kappa shape index (κ3) is 1.97. The first-order chi connectivity index (χ1) is 7.74. The first kappa shape index (κ1) is 11.2. The van der Waals surface area contributed by atoms with Gasteiger partial charge >= 0.3 is 0 Å². The van der Waals surface area contributed by atoms with Gasteiger partial charge in [0.1, 0.15) is 6.26 Å². The van der Waals surface area contributed by atoms with Crippen LogP contribution >= 0.6 is 0 Å². The monoisotopic (exact) mass is 222 g/mol. The van der Waals surface area contributed by atoms with Gasteiger partial charge in [0.2, 0.25) is 0 Å². The molecule has 88 valence electrons. The highest BCUT2D eigenvalue weighted by Crippen LogP contribution is 2.24. The zero-order valence-corrected chi connectivity index (χ0v) is 9.56. The summed E-state index contributed by atoms with van der Waals surface area (Å²) in [6.07, 6.45) is 6.24. The fourth-order valence-corrected chi connectivity index (χ4v) is 2.42. The summed E-state index contributed by atoms with van der Waals surface area (Å²) in [6, 6.07) is 2.15. The number of piperidine rings is 1. The smallest absolute Gasteiger partial charge is 0.257 e. The van der Waals surface area contributed by atoms with Gasteiger partial charge in [0.25, 0.3) is 5.91 Å². The molecule has 0 aromatic carbocycles. The summed E-state index contributed by atoms with van der Waals surface area (Å²) in [5.74, 6) is 0.0383. The van der Waals surface area contributed by atoms with Crippen molar-refractivity contribution in [2.75, 3.05) is 6.54 Å². The van der Waals surface area contributed by atoms with Crippen LogP contribution in [-0.2, 0) is 0 Å². The van der Waals surface area contributed by atoms with E-state index in [1.165, 1.54) is 12.5 Å². The van der Waals surface area contributed by atoms with Crippen LogP contribution in [-0.4, -0.2) is 29.4 Å². The molecule has 4 nitrogen and oxygen atoms in total. The predicted octanol–water partition coefficient (Wildman–Crippen LogP) is 1.62. The molecule has 0 radical (unpaired) electrons. The van der Waals surface area contributed by atoms with Gasteiger partial charge in [-0.3, -0.25) is 4.79 Å². The highest BCUT2D eigenvalue weighted by atomic mass is 16.3. The van der Waals surface area contributed by atoms with Crippen molar-refractivity contribution in [1.29, 1.82) is 0 Å². The Labute approximate surface area is 95.4 Å². The van der Waals surface area contributed by atoms with Gasteiger partial charge in [-0.05, 0) is 32.3 Å². The number of nitrogens with zero attached hydrogens (tertiary/aromatic N) is 1. The van der Waals surface area contributed by atoms with Gasteiger partial charge in [-0.25, -0.2) is 0 Å². The van der Waals surface area contributed by atoms with Gasteiger partial charge in [-0.1, -0.05) is 0 Å². The zero-order chi connectivity index (χ0) is 11.5. The molecule has 0 spiro atoms. The quantitative estimate of drug-likeness (QED) is 0.827. The number of nitrogens with two attached hydrogens (primary N) is 1. The Kier molecular flexibility index (Phi) is 3.29. The SMILES string of the molecule is CC1CCCC(CN)N1C(=O)c1ccoc1. The van der Waals surface area contributed by atoms with Crippen molar-refractivity contribution in [2.45, 2.75) is 38.3 Å². The van der Waals surface area contributed by atoms with E-state index in [4.69, 9.17) is 10.2 Å². The largest absolute Gasteiger partial charge is 0.472 e. The van der Waals surface area contributed by atoms with E-state index in [0.717, 1.165) is 19.3 Å². The van der Waals surface area contributed by atoms with E-state index in [2.05, 4.69) is 6.92 Å². The first-order valence-corrected chi connectivity index (χ1v) is 5.79. The molecule has 2 heterocycles. The summed E-state index contributed by atoms with van der Waals surface area (Å²) in [6.45, 7) is 2.62. The molecule has 1 aliphatic rings. The molecule has 2 atom stereocenters. The Morgan fingerprint density at radius 3 is 3.06 bits per heavy atom. The van der Waals surface area contributed by atoms with Crippen molar-refractivity contribution in [3.63, 3.8) is 0 Å². The molecule has 1 fully saturated rings. The van der Waals surface area contributed by atoms with Gasteiger partial charge < -0.3 is 15.1 Å². The molecule has 4 heteroatoms. The van der Waals surface area contributed by atoms with E-state index in [1.54, 1.807) is 6.07 Å². The third-order valence-electron chi connectivity index (χ3n) is 3.30. The predicted molar refractivity (Wildman–Crippen MR) is 61.0 cm³/mol. The fraction of sp³-hybridized carbons (Fsp3) is 0.583. The van der Waals surface area contributed by atoms with Crippen LogP contribution in [0.1, 0.15) is 36.5 Å². The number of carbonyl (C=O) groups excluding carboxylic acids is 1. The van der Waals surface area contributed by atoms with E-state index in [9.17, 15) is 4.79 Å². The van der Waals surface area contributed by atoms with Crippen LogP contribution in [0.5, 0.6) is 0 Å². The second-order valence-electron chi connectivity index (χ2n) is 4.39. The lowest BCUT2D eigenvalue weighted by molar-refractivity contribution is 0.0493. The molecule has 1 saturated heterocycles. The number of rotatable bonds is 2.